The minimum atomic E-state index is 0.917. The van der Waals surface area contributed by atoms with E-state index in [9.17, 15) is 0 Å². The van der Waals surface area contributed by atoms with Crippen LogP contribution in [0.3, 0.4) is 0 Å². The fourth-order valence-corrected chi connectivity index (χ4v) is 24.7. The standard InChI is InChI=1S/C44H24N4S.C36H19N3S.C32H17N3S/c1-2-10-27(11-3-1)47-35-16-8-4-12-28(35)30-22-25(18-20-37(30)47)26-19-21-38-31(23-26)40-39(49-38)24-32-42-44(46-34-15-7-6-14-33(34)45-42)48-36-17-9-5-13-29(36)41(40)43(32)48;1-2-9-21-18-22(17-16-20(21)8-1)23-11-7-12-25-31-30(40-35(23)25)19-26-33-36(38-28-14-5-4-13-27(28)37-33)39-29-15-6-3-10-24(29)32(31)34(26)39;1-2-8-18(9-3-1)19-14-15-26-21(16-19)22-17-23-20-10-4-7-13-27(20)36-31(23)28-29-32(35(26)30(22)28)34-25-12-6-5-11-24(25)33-29/h1-24H;1-19H;1-17H. The minimum absolute atomic E-state index is 0.917. The van der Waals surface area contributed by atoms with Gasteiger partial charge in [-0.1, -0.05) is 231 Å². The second-order valence-corrected chi connectivity index (χ2v) is 36.2. The van der Waals surface area contributed by atoms with Gasteiger partial charge in [0.2, 0.25) is 0 Å². The number of thiophene rings is 3. The second-order valence-electron chi connectivity index (χ2n) is 33.0. The maximum absolute atomic E-state index is 5.18. The molecule has 10 nitrogen and oxygen atoms in total. The largest absolute Gasteiger partial charge is 0.309 e. The summed E-state index contributed by atoms with van der Waals surface area (Å²) in [7, 11) is 0. The summed E-state index contributed by atoms with van der Waals surface area (Å²) in [6.07, 6.45) is 0. The Morgan fingerprint density at radius 3 is 1.30 bits per heavy atom. The van der Waals surface area contributed by atoms with E-state index in [1.54, 1.807) is 0 Å². The summed E-state index contributed by atoms with van der Waals surface area (Å²) < 4.78 is 17.2. The van der Waals surface area contributed by atoms with E-state index < -0.39 is 0 Å². The zero-order valence-electron chi connectivity index (χ0n) is 66.3. The third-order valence-corrected chi connectivity index (χ3v) is 29.9. The van der Waals surface area contributed by atoms with Gasteiger partial charge in [0.15, 0.2) is 16.9 Å². The van der Waals surface area contributed by atoms with E-state index >= 15 is 0 Å². The van der Waals surface area contributed by atoms with Crippen LogP contribution in [-0.4, -0.2) is 47.7 Å². The van der Waals surface area contributed by atoms with Crippen LogP contribution in [0.2, 0.25) is 0 Å². The van der Waals surface area contributed by atoms with Crippen molar-refractivity contribution in [3.8, 4) is 39.1 Å². The third kappa shape index (κ3) is 9.49. The fourth-order valence-electron chi connectivity index (χ4n) is 21.0. The van der Waals surface area contributed by atoms with Crippen molar-refractivity contribution in [2.45, 2.75) is 0 Å². The van der Waals surface area contributed by atoms with Gasteiger partial charge >= 0.3 is 0 Å². The molecule has 0 fully saturated rings. The Morgan fingerprint density at radius 2 is 0.640 bits per heavy atom. The van der Waals surface area contributed by atoms with Gasteiger partial charge in [-0.3, -0.25) is 13.2 Å². The lowest BCUT2D eigenvalue weighted by Crippen LogP contribution is -1.92. The average molecular weight is 1640 g/mol. The monoisotopic (exact) mass is 1640 g/mol. The summed E-state index contributed by atoms with van der Waals surface area (Å²) in [5, 5.41) is 24.1. The normalized spacial score (nSPS) is 12.5. The first kappa shape index (κ1) is 67.8. The molecule has 0 saturated heterocycles. The molecule has 0 atom stereocenters. The average Bonchev–Trinajstić information content (AvgIpc) is 1.53. The van der Waals surface area contributed by atoms with Crippen molar-refractivity contribution in [3.63, 3.8) is 0 Å². The van der Waals surface area contributed by atoms with E-state index in [2.05, 4.69) is 345 Å². The molecule has 576 valence electrons. The molecule has 31 rings (SSSR count). The Hall–Kier alpha value is -15.9. The fraction of sp³-hybridized carbons (Fsp3) is 0. The van der Waals surface area contributed by atoms with Gasteiger partial charge in [0, 0.05) is 125 Å². The molecule has 0 saturated carbocycles. The van der Waals surface area contributed by atoms with E-state index in [1.807, 2.05) is 70.4 Å². The molecular formula is C112H60N10S3. The highest BCUT2D eigenvalue weighted by Crippen LogP contribution is 2.53. The third-order valence-electron chi connectivity index (χ3n) is 26.4. The van der Waals surface area contributed by atoms with E-state index in [0.29, 0.717) is 0 Å². The summed E-state index contributed by atoms with van der Waals surface area (Å²) in [5.74, 6) is 0. The smallest absolute Gasteiger partial charge is 0.165 e. The Kier molecular flexibility index (Phi) is 13.8. The minimum Gasteiger partial charge on any atom is -0.309 e. The van der Waals surface area contributed by atoms with E-state index in [4.69, 9.17) is 29.9 Å². The van der Waals surface area contributed by atoms with Crippen LogP contribution in [-0.2, 0) is 0 Å². The number of fused-ring (bicyclic) bond motifs is 37. The molecule has 0 radical (unpaired) electrons. The van der Waals surface area contributed by atoms with Crippen LogP contribution in [0.4, 0.5) is 0 Å². The molecule has 0 aliphatic heterocycles. The van der Waals surface area contributed by atoms with Crippen molar-refractivity contribution in [3.05, 3.63) is 364 Å². The Bertz CT molecular complexity index is 10100. The first-order valence-electron chi connectivity index (χ1n) is 42.2. The summed E-state index contributed by atoms with van der Waals surface area (Å²) in [6, 6.07) is 131. The molecule has 0 N–H and O–H groups in total. The number of para-hydroxylation sites is 10. The van der Waals surface area contributed by atoms with Crippen LogP contribution in [0, 0.1) is 0 Å². The molecule has 13 heteroatoms. The Balaban J connectivity index is 0.0000000949. The first-order valence-corrected chi connectivity index (χ1v) is 44.7. The van der Waals surface area contributed by atoms with Crippen molar-refractivity contribution in [2.75, 3.05) is 0 Å². The molecule has 18 aromatic carbocycles. The maximum Gasteiger partial charge on any atom is 0.165 e. The van der Waals surface area contributed by atoms with Gasteiger partial charge in [-0.05, 0) is 178 Å². The zero-order valence-corrected chi connectivity index (χ0v) is 68.8. The predicted molar refractivity (Wildman–Crippen MR) is 529 cm³/mol. The van der Waals surface area contributed by atoms with Crippen LogP contribution in [0.5, 0.6) is 0 Å². The molecule has 0 bridgehead atoms. The van der Waals surface area contributed by atoms with Gasteiger partial charge in [-0.2, -0.15) is 0 Å². The highest BCUT2D eigenvalue weighted by atomic mass is 32.1. The van der Waals surface area contributed by atoms with Gasteiger partial charge < -0.3 is 4.57 Å². The molecule has 13 heterocycles. The summed E-state index contributed by atoms with van der Waals surface area (Å²) in [5.41, 5.74) is 29.5. The molecule has 0 aliphatic rings. The van der Waals surface area contributed by atoms with Crippen molar-refractivity contribution in [1.29, 1.82) is 0 Å². The van der Waals surface area contributed by atoms with Gasteiger partial charge in [0.25, 0.3) is 0 Å². The van der Waals surface area contributed by atoms with Gasteiger partial charge in [-0.25, -0.2) is 29.9 Å². The lowest BCUT2D eigenvalue weighted by Gasteiger charge is -2.08. The number of hydrogen-bond acceptors (Lipinski definition) is 9. The maximum atomic E-state index is 5.18. The summed E-state index contributed by atoms with van der Waals surface area (Å²) >= 11 is 5.62. The number of hydrogen-bond donors (Lipinski definition) is 0. The van der Waals surface area contributed by atoms with E-state index in [-0.39, 0.29) is 0 Å². The van der Waals surface area contributed by atoms with Crippen molar-refractivity contribution in [1.82, 2.24) is 47.7 Å². The predicted octanol–water partition coefficient (Wildman–Crippen LogP) is 30.7. The lowest BCUT2D eigenvalue weighted by molar-refractivity contribution is 1.18. The highest BCUT2D eigenvalue weighted by molar-refractivity contribution is 7.27. The van der Waals surface area contributed by atoms with Crippen molar-refractivity contribution < 1.29 is 0 Å². The molecule has 13 aromatic heterocycles. The summed E-state index contributed by atoms with van der Waals surface area (Å²) in [4.78, 5) is 31.0. The van der Waals surface area contributed by atoms with Crippen molar-refractivity contribution in [2.24, 2.45) is 0 Å². The van der Waals surface area contributed by atoms with Crippen LogP contribution >= 0.6 is 34.0 Å². The second kappa shape index (κ2) is 25.4. The molecule has 125 heavy (non-hydrogen) atoms. The first-order chi connectivity index (χ1) is 62.0. The van der Waals surface area contributed by atoms with Crippen LogP contribution in [0.25, 0.3) is 280 Å². The number of aromatic nitrogens is 10. The van der Waals surface area contributed by atoms with Crippen molar-refractivity contribution >= 4 is 275 Å². The number of benzene rings is 18. The van der Waals surface area contributed by atoms with E-state index in [0.717, 1.165) is 66.6 Å². The van der Waals surface area contributed by atoms with Gasteiger partial charge in [0.1, 0.15) is 16.6 Å². The number of nitrogens with zero attached hydrogens (tertiary/aromatic N) is 10. The number of rotatable bonds is 4. The SMILES string of the molecule is c1ccc(-c2ccc3c(c2)c2cc4c5ccccc5sc4c4c5nc6ccccc6nc5n3c24)cc1.c1ccc(-n2c3ccccc3c3cc(-c4ccc5sc6cc7c8nc9ccccc9nc8n8c9ccccc9c(c6c5c4)c78)ccc32)cc1.c1ccc2cc(-c3cccc4c3sc3cc5c6nc7ccccc7nc6n6c7ccccc7c(c34)c56)ccc2c1. The topological polar surface area (TPSA) is 95.5 Å². The quantitative estimate of drug-likeness (QED) is 0.174. The van der Waals surface area contributed by atoms with Crippen LogP contribution in [0.15, 0.2) is 364 Å². The Labute approximate surface area is 720 Å². The molecule has 0 unspecified atom stereocenters. The summed E-state index contributed by atoms with van der Waals surface area (Å²) in [6.45, 7) is 0. The van der Waals surface area contributed by atoms with Gasteiger partial charge in [-0.15, -0.1) is 34.0 Å². The molecule has 0 amide bonds. The van der Waals surface area contributed by atoms with Crippen LogP contribution < -0.4 is 0 Å². The Morgan fingerprint density at radius 1 is 0.200 bits per heavy atom. The van der Waals surface area contributed by atoms with Gasteiger partial charge in [0.05, 0.1) is 77.2 Å². The lowest BCUT2D eigenvalue weighted by atomic mass is 9.98. The molecule has 0 spiro atoms. The molecule has 31 aromatic rings. The molecule has 0 aliphatic carbocycles. The van der Waals surface area contributed by atoms with Crippen LogP contribution in [0.1, 0.15) is 0 Å². The van der Waals surface area contributed by atoms with E-state index in [1.165, 1.54) is 214 Å². The zero-order chi connectivity index (χ0) is 81.1. The molecular weight excluding hydrogens is 1580 g/mol. The highest BCUT2D eigenvalue weighted by Gasteiger charge is 2.30.